The number of fused-ring (bicyclic) bond motifs is 1. The first-order chi connectivity index (χ1) is 8.33. The van der Waals surface area contributed by atoms with E-state index in [1.54, 1.807) is 11.8 Å². The Hall–Kier alpha value is -0.550. The van der Waals surface area contributed by atoms with E-state index < -0.39 is 0 Å². The lowest BCUT2D eigenvalue weighted by Crippen LogP contribution is -2.10. The van der Waals surface area contributed by atoms with Crippen molar-refractivity contribution < 1.29 is 0 Å². The molecule has 1 aliphatic rings. The first-order valence-corrected chi connectivity index (χ1v) is 6.88. The predicted molar refractivity (Wildman–Crippen MR) is 78.9 cm³/mol. The summed E-state index contributed by atoms with van der Waals surface area (Å²) in [6.45, 7) is 2.10. The molecule has 1 atom stereocenters. The standard InChI is InChI=1S/C12H12ClN3S.ClH/c13-11-12(17-8-5-6-14-7-8)16-10-4-2-1-3-9(10)15-11;/h1-4,8,14H,5-7H2;1H. The highest BCUT2D eigenvalue weighted by Crippen LogP contribution is 2.31. The Balaban J connectivity index is 0.00000120. The number of hydrogen-bond donors (Lipinski definition) is 1. The van der Waals surface area contributed by atoms with Crippen molar-refractivity contribution in [2.45, 2.75) is 16.7 Å². The summed E-state index contributed by atoms with van der Waals surface area (Å²) >= 11 is 7.89. The maximum absolute atomic E-state index is 6.17. The first kappa shape index (κ1) is 13.9. The molecule has 18 heavy (non-hydrogen) atoms. The molecule has 1 fully saturated rings. The molecule has 0 radical (unpaired) electrons. The fraction of sp³-hybridized carbons (Fsp3) is 0.333. The van der Waals surface area contributed by atoms with E-state index in [1.807, 2.05) is 24.3 Å². The van der Waals surface area contributed by atoms with Gasteiger partial charge in [0.2, 0.25) is 0 Å². The van der Waals surface area contributed by atoms with Crippen molar-refractivity contribution >= 4 is 46.8 Å². The zero-order valence-corrected chi connectivity index (χ0v) is 12.0. The van der Waals surface area contributed by atoms with Gasteiger partial charge < -0.3 is 5.32 Å². The molecule has 0 saturated carbocycles. The number of para-hydroxylation sites is 2. The Morgan fingerprint density at radius 3 is 2.61 bits per heavy atom. The maximum Gasteiger partial charge on any atom is 0.161 e. The molecule has 1 saturated heterocycles. The van der Waals surface area contributed by atoms with E-state index in [1.165, 1.54) is 0 Å². The van der Waals surface area contributed by atoms with Gasteiger partial charge >= 0.3 is 0 Å². The third kappa shape index (κ3) is 2.88. The molecule has 0 aliphatic carbocycles. The monoisotopic (exact) mass is 301 g/mol. The quantitative estimate of drug-likeness (QED) is 0.925. The van der Waals surface area contributed by atoms with Gasteiger partial charge in [0.1, 0.15) is 5.03 Å². The SMILES string of the molecule is Cl.Clc1nc2ccccc2nc1SC1CCNC1. The van der Waals surface area contributed by atoms with Crippen molar-refractivity contribution in [3.05, 3.63) is 29.4 Å². The van der Waals surface area contributed by atoms with Crippen LogP contribution in [-0.2, 0) is 0 Å². The van der Waals surface area contributed by atoms with Gasteiger partial charge in [-0.15, -0.1) is 12.4 Å². The van der Waals surface area contributed by atoms with E-state index >= 15 is 0 Å². The number of benzene rings is 1. The van der Waals surface area contributed by atoms with Crippen LogP contribution in [0.2, 0.25) is 5.15 Å². The topological polar surface area (TPSA) is 37.8 Å². The number of rotatable bonds is 2. The van der Waals surface area contributed by atoms with Gasteiger partial charge in [-0.2, -0.15) is 0 Å². The van der Waals surface area contributed by atoms with Gasteiger partial charge in [-0.3, -0.25) is 0 Å². The van der Waals surface area contributed by atoms with Gasteiger partial charge in [0.25, 0.3) is 0 Å². The molecule has 6 heteroatoms. The molecule has 3 nitrogen and oxygen atoms in total. The van der Waals surface area contributed by atoms with E-state index in [9.17, 15) is 0 Å². The minimum atomic E-state index is 0. The third-order valence-corrected chi connectivity index (χ3v) is 4.41. The van der Waals surface area contributed by atoms with Gasteiger partial charge in [0.15, 0.2) is 5.15 Å². The predicted octanol–water partition coefficient (Wildman–Crippen LogP) is 3.16. The van der Waals surface area contributed by atoms with Crippen molar-refractivity contribution in [2.24, 2.45) is 0 Å². The van der Waals surface area contributed by atoms with Crippen LogP contribution in [0.15, 0.2) is 29.3 Å². The average Bonchev–Trinajstić information content (AvgIpc) is 2.83. The molecule has 0 spiro atoms. The molecule has 1 aromatic carbocycles. The molecule has 1 unspecified atom stereocenters. The molecular weight excluding hydrogens is 289 g/mol. The van der Waals surface area contributed by atoms with Crippen molar-refractivity contribution in [3.8, 4) is 0 Å². The van der Waals surface area contributed by atoms with Crippen LogP contribution in [-0.4, -0.2) is 28.3 Å². The molecule has 3 rings (SSSR count). The van der Waals surface area contributed by atoms with E-state index in [4.69, 9.17) is 11.6 Å². The minimum absolute atomic E-state index is 0. The van der Waals surface area contributed by atoms with Crippen molar-refractivity contribution in [1.82, 2.24) is 15.3 Å². The normalized spacial score (nSPS) is 18.8. The summed E-state index contributed by atoms with van der Waals surface area (Å²) in [7, 11) is 0. The van der Waals surface area contributed by atoms with Gasteiger partial charge in [0, 0.05) is 11.8 Å². The molecule has 0 bridgehead atoms. The molecule has 2 aromatic rings. The van der Waals surface area contributed by atoms with Gasteiger partial charge in [-0.25, -0.2) is 9.97 Å². The van der Waals surface area contributed by atoms with Gasteiger partial charge in [0.05, 0.1) is 11.0 Å². The van der Waals surface area contributed by atoms with Crippen molar-refractivity contribution in [3.63, 3.8) is 0 Å². The van der Waals surface area contributed by atoms with Crippen LogP contribution < -0.4 is 5.32 Å². The van der Waals surface area contributed by atoms with E-state index in [0.717, 1.165) is 35.6 Å². The summed E-state index contributed by atoms with van der Waals surface area (Å²) in [5.74, 6) is 0. The number of aromatic nitrogens is 2. The zero-order chi connectivity index (χ0) is 11.7. The smallest absolute Gasteiger partial charge is 0.161 e. The lowest BCUT2D eigenvalue weighted by atomic mass is 10.3. The Bertz CT molecular complexity index is 544. The molecule has 2 heterocycles. The van der Waals surface area contributed by atoms with Crippen LogP contribution in [0.4, 0.5) is 0 Å². The Labute approximate surface area is 121 Å². The highest BCUT2D eigenvalue weighted by molar-refractivity contribution is 8.00. The second-order valence-electron chi connectivity index (χ2n) is 4.04. The van der Waals surface area contributed by atoms with Crippen LogP contribution in [0.3, 0.4) is 0 Å². The second-order valence-corrected chi connectivity index (χ2v) is 5.69. The fourth-order valence-electron chi connectivity index (χ4n) is 1.92. The summed E-state index contributed by atoms with van der Waals surface area (Å²) in [6.07, 6.45) is 1.16. The molecule has 1 N–H and O–H groups in total. The van der Waals surface area contributed by atoms with Crippen LogP contribution in [0.1, 0.15) is 6.42 Å². The third-order valence-electron chi connectivity index (χ3n) is 2.79. The Morgan fingerprint density at radius 2 is 1.94 bits per heavy atom. The largest absolute Gasteiger partial charge is 0.316 e. The van der Waals surface area contributed by atoms with Crippen LogP contribution in [0, 0.1) is 0 Å². The summed E-state index contributed by atoms with van der Waals surface area (Å²) in [4.78, 5) is 8.96. The Morgan fingerprint density at radius 1 is 1.22 bits per heavy atom. The number of halogens is 2. The summed E-state index contributed by atoms with van der Waals surface area (Å²) in [5, 5.41) is 5.26. The van der Waals surface area contributed by atoms with Crippen molar-refractivity contribution in [2.75, 3.05) is 13.1 Å². The summed E-state index contributed by atoms with van der Waals surface area (Å²) in [5.41, 5.74) is 1.76. The second kappa shape index (κ2) is 6.06. The Kier molecular flexibility index (Phi) is 4.67. The van der Waals surface area contributed by atoms with Crippen molar-refractivity contribution in [1.29, 1.82) is 0 Å². The highest BCUT2D eigenvalue weighted by Gasteiger charge is 2.18. The number of thioether (sulfide) groups is 1. The number of hydrogen-bond acceptors (Lipinski definition) is 4. The molecule has 1 aliphatic heterocycles. The van der Waals surface area contributed by atoms with E-state index in [-0.39, 0.29) is 12.4 Å². The first-order valence-electron chi connectivity index (χ1n) is 5.62. The fourth-order valence-corrected chi connectivity index (χ4v) is 3.24. The lowest BCUT2D eigenvalue weighted by molar-refractivity contribution is 0.858. The molecule has 96 valence electrons. The highest BCUT2D eigenvalue weighted by atomic mass is 35.5. The minimum Gasteiger partial charge on any atom is -0.316 e. The number of nitrogens with one attached hydrogen (secondary N) is 1. The molecule has 1 aromatic heterocycles. The zero-order valence-electron chi connectivity index (χ0n) is 9.60. The lowest BCUT2D eigenvalue weighted by Gasteiger charge is -2.09. The maximum atomic E-state index is 6.17. The van der Waals surface area contributed by atoms with Crippen LogP contribution in [0.5, 0.6) is 0 Å². The van der Waals surface area contributed by atoms with E-state index in [2.05, 4.69) is 15.3 Å². The van der Waals surface area contributed by atoms with Gasteiger partial charge in [-0.05, 0) is 25.1 Å². The molecular formula is C12H13Cl2N3S. The van der Waals surface area contributed by atoms with E-state index in [0.29, 0.717) is 10.4 Å². The van der Waals surface area contributed by atoms with Gasteiger partial charge in [-0.1, -0.05) is 35.5 Å². The summed E-state index contributed by atoms with van der Waals surface area (Å²) in [6, 6.07) is 7.81. The summed E-state index contributed by atoms with van der Waals surface area (Å²) < 4.78 is 0. The number of nitrogens with zero attached hydrogens (tertiary/aromatic N) is 2. The van der Waals surface area contributed by atoms with Crippen LogP contribution in [0.25, 0.3) is 11.0 Å². The molecule has 0 amide bonds. The average molecular weight is 302 g/mol. The van der Waals surface area contributed by atoms with Crippen LogP contribution >= 0.6 is 35.8 Å².